The molecule has 3 aromatic rings. The summed E-state index contributed by atoms with van der Waals surface area (Å²) in [5.74, 6) is 0.303. The molecular formula is C33H33FO6. The fourth-order valence-corrected chi connectivity index (χ4v) is 3.35. The standard InChI is InChI=1S/C33H33FO6/c1-4-32(35)39-21-19-37-29-17-11-26(12-18-29)7-13-28-14-8-27(23-31(28)34)6-5-25-9-15-30(16-10-25)38-20-22-40-33(36)24(2)3/h5-18,23H,2,4,19-22H2,1,3H3/b6-5+,13-7+. The van der Waals surface area contributed by atoms with Crippen LogP contribution in [0.1, 0.15) is 42.5 Å². The fourth-order valence-electron chi connectivity index (χ4n) is 3.35. The number of carbonyl (C=O) groups excluding carboxylic acids is 2. The summed E-state index contributed by atoms with van der Waals surface area (Å²) >= 11 is 0. The van der Waals surface area contributed by atoms with Crippen LogP contribution in [-0.4, -0.2) is 38.4 Å². The van der Waals surface area contributed by atoms with Crippen LogP contribution in [0, 0.1) is 5.82 Å². The maximum Gasteiger partial charge on any atom is 0.333 e. The van der Waals surface area contributed by atoms with Gasteiger partial charge >= 0.3 is 11.9 Å². The van der Waals surface area contributed by atoms with Gasteiger partial charge in [-0.3, -0.25) is 4.79 Å². The number of rotatable bonds is 14. The highest BCUT2D eigenvalue weighted by Crippen LogP contribution is 2.19. The van der Waals surface area contributed by atoms with Crippen molar-refractivity contribution in [2.75, 3.05) is 26.4 Å². The smallest absolute Gasteiger partial charge is 0.333 e. The second kappa shape index (κ2) is 15.7. The summed E-state index contributed by atoms with van der Waals surface area (Å²) in [5, 5.41) is 0. The summed E-state index contributed by atoms with van der Waals surface area (Å²) < 4.78 is 35.8. The monoisotopic (exact) mass is 544 g/mol. The molecule has 0 fully saturated rings. The van der Waals surface area contributed by atoms with Crippen LogP contribution in [0.4, 0.5) is 4.39 Å². The zero-order valence-corrected chi connectivity index (χ0v) is 22.7. The van der Waals surface area contributed by atoms with E-state index >= 15 is 0 Å². The van der Waals surface area contributed by atoms with Gasteiger partial charge in [0.05, 0.1) is 0 Å². The highest BCUT2D eigenvalue weighted by molar-refractivity contribution is 5.86. The third kappa shape index (κ3) is 10.3. The summed E-state index contributed by atoms with van der Waals surface area (Å²) in [6.45, 7) is 7.73. The zero-order chi connectivity index (χ0) is 28.7. The molecule has 0 amide bonds. The molecule has 0 saturated carbocycles. The van der Waals surface area contributed by atoms with E-state index < -0.39 is 5.97 Å². The largest absolute Gasteiger partial charge is 0.490 e. The second-order valence-electron chi connectivity index (χ2n) is 8.77. The molecule has 0 saturated heterocycles. The summed E-state index contributed by atoms with van der Waals surface area (Å²) in [6.07, 6.45) is 7.62. The van der Waals surface area contributed by atoms with Crippen LogP contribution in [0.2, 0.25) is 0 Å². The third-order valence-electron chi connectivity index (χ3n) is 5.55. The van der Waals surface area contributed by atoms with Crippen LogP contribution in [-0.2, 0) is 19.1 Å². The van der Waals surface area contributed by atoms with Crippen LogP contribution in [0.3, 0.4) is 0 Å². The van der Waals surface area contributed by atoms with Gasteiger partial charge in [0, 0.05) is 17.6 Å². The van der Waals surface area contributed by atoms with Gasteiger partial charge in [-0.1, -0.05) is 74.2 Å². The minimum Gasteiger partial charge on any atom is -0.490 e. The van der Waals surface area contributed by atoms with Gasteiger partial charge < -0.3 is 18.9 Å². The molecule has 0 bridgehead atoms. The molecule has 0 radical (unpaired) electrons. The maximum absolute atomic E-state index is 14.7. The van der Waals surface area contributed by atoms with Gasteiger partial charge in [0.15, 0.2) is 0 Å². The van der Waals surface area contributed by atoms with E-state index in [0.29, 0.717) is 29.1 Å². The van der Waals surface area contributed by atoms with Crippen molar-refractivity contribution < 1.29 is 32.9 Å². The van der Waals surface area contributed by atoms with Crippen molar-refractivity contribution >= 4 is 36.2 Å². The Morgan fingerprint density at radius 2 is 1.23 bits per heavy atom. The molecule has 7 heteroatoms. The minimum atomic E-state index is -0.438. The Labute approximate surface area is 234 Å². The second-order valence-corrected chi connectivity index (χ2v) is 8.77. The molecular weight excluding hydrogens is 511 g/mol. The van der Waals surface area contributed by atoms with E-state index in [-0.39, 0.29) is 38.2 Å². The van der Waals surface area contributed by atoms with Crippen molar-refractivity contribution in [1.29, 1.82) is 0 Å². The zero-order valence-electron chi connectivity index (χ0n) is 22.7. The SMILES string of the molecule is C=C(C)C(=O)OCCOc1ccc(/C=C/c2ccc(/C=C/c3ccc(OCCOC(=O)CC)cc3)c(F)c2)cc1. The molecule has 0 atom stereocenters. The van der Waals surface area contributed by atoms with Gasteiger partial charge in [-0.25, -0.2) is 9.18 Å². The van der Waals surface area contributed by atoms with Crippen molar-refractivity contribution in [3.8, 4) is 11.5 Å². The number of ether oxygens (including phenoxy) is 4. The molecule has 0 heterocycles. The molecule has 0 N–H and O–H groups in total. The number of benzene rings is 3. The van der Waals surface area contributed by atoms with Gasteiger partial charge in [0.2, 0.25) is 0 Å². The normalized spacial score (nSPS) is 11.0. The Bertz CT molecular complexity index is 1340. The van der Waals surface area contributed by atoms with Crippen molar-refractivity contribution in [3.05, 3.63) is 107 Å². The van der Waals surface area contributed by atoms with Crippen molar-refractivity contribution in [3.63, 3.8) is 0 Å². The van der Waals surface area contributed by atoms with Crippen LogP contribution in [0.25, 0.3) is 24.3 Å². The van der Waals surface area contributed by atoms with Crippen LogP contribution in [0.5, 0.6) is 11.5 Å². The van der Waals surface area contributed by atoms with E-state index in [9.17, 15) is 14.0 Å². The Morgan fingerprint density at radius 1 is 0.725 bits per heavy atom. The van der Waals surface area contributed by atoms with E-state index in [1.807, 2.05) is 72.8 Å². The summed E-state index contributed by atoms with van der Waals surface area (Å²) in [6, 6.07) is 19.8. The first kappa shape index (κ1) is 29.9. The number of esters is 2. The van der Waals surface area contributed by atoms with E-state index in [1.165, 1.54) is 6.07 Å². The average molecular weight is 545 g/mol. The Morgan fingerprint density at radius 3 is 1.75 bits per heavy atom. The Hall–Kier alpha value is -4.65. The molecule has 40 heavy (non-hydrogen) atoms. The lowest BCUT2D eigenvalue weighted by Crippen LogP contribution is -2.12. The first-order valence-corrected chi connectivity index (χ1v) is 12.9. The predicted molar refractivity (Wildman–Crippen MR) is 155 cm³/mol. The Balaban J connectivity index is 1.47. The average Bonchev–Trinajstić information content (AvgIpc) is 2.96. The van der Waals surface area contributed by atoms with Crippen LogP contribution < -0.4 is 9.47 Å². The van der Waals surface area contributed by atoms with Gasteiger partial charge in [0.25, 0.3) is 0 Å². The minimum absolute atomic E-state index is 0.144. The molecule has 208 valence electrons. The lowest BCUT2D eigenvalue weighted by molar-refractivity contribution is -0.144. The first-order valence-electron chi connectivity index (χ1n) is 12.9. The lowest BCUT2D eigenvalue weighted by Gasteiger charge is -2.07. The number of carbonyl (C=O) groups is 2. The molecule has 3 rings (SSSR count). The molecule has 0 spiro atoms. The maximum atomic E-state index is 14.7. The van der Waals surface area contributed by atoms with E-state index in [2.05, 4.69) is 6.58 Å². The number of halogens is 1. The first-order chi connectivity index (χ1) is 19.3. The van der Waals surface area contributed by atoms with Crippen molar-refractivity contribution in [1.82, 2.24) is 0 Å². The highest BCUT2D eigenvalue weighted by atomic mass is 19.1. The summed E-state index contributed by atoms with van der Waals surface area (Å²) in [4.78, 5) is 22.5. The third-order valence-corrected chi connectivity index (χ3v) is 5.55. The van der Waals surface area contributed by atoms with Gasteiger partial charge in [-0.2, -0.15) is 0 Å². The topological polar surface area (TPSA) is 71.1 Å². The highest BCUT2D eigenvalue weighted by Gasteiger charge is 2.03. The molecule has 0 unspecified atom stereocenters. The predicted octanol–water partition coefficient (Wildman–Crippen LogP) is 7.00. The number of hydrogen-bond donors (Lipinski definition) is 0. The van der Waals surface area contributed by atoms with Crippen LogP contribution >= 0.6 is 0 Å². The van der Waals surface area contributed by atoms with Crippen molar-refractivity contribution in [2.24, 2.45) is 0 Å². The summed E-state index contributed by atoms with van der Waals surface area (Å²) in [7, 11) is 0. The van der Waals surface area contributed by atoms with Crippen molar-refractivity contribution in [2.45, 2.75) is 20.3 Å². The molecule has 0 aliphatic heterocycles. The summed E-state index contributed by atoms with van der Waals surface area (Å²) in [5.41, 5.74) is 3.39. The molecule has 0 aliphatic carbocycles. The molecule has 3 aromatic carbocycles. The van der Waals surface area contributed by atoms with Gasteiger partial charge in [-0.05, 0) is 53.9 Å². The van der Waals surface area contributed by atoms with Gasteiger partial charge in [-0.15, -0.1) is 0 Å². The van der Waals surface area contributed by atoms with E-state index in [1.54, 1.807) is 26.0 Å². The molecule has 6 nitrogen and oxygen atoms in total. The molecule has 0 aromatic heterocycles. The molecule has 0 aliphatic rings. The lowest BCUT2D eigenvalue weighted by atomic mass is 10.1. The van der Waals surface area contributed by atoms with E-state index in [4.69, 9.17) is 18.9 Å². The quantitative estimate of drug-likeness (QED) is 0.0942. The van der Waals surface area contributed by atoms with E-state index in [0.717, 1.165) is 16.7 Å². The number of hydrogen-bond acceptors (Lipinski definition) is 6. The Kier molecular flexibility index (Phi) is 11.7. The van der Waals surface area contributed by atoms with Gasteiger partial charge in [0.1, 0.15) is 43.7 Å². The fraction of sp³-hybridized carbons (Fsp3) is 0.212. The van der Waals surface area contributed by atoms with Crippen LogP contribution in [0.15, 0.2) is 78.9 Å².